The maximum absolute atomic E-state index is 11.7. The number of hydrogen-bond donors (Lipinski definition) is 0. The number of carbonyl (C=O) groups excluding carboxylic acids is 1. The summed E-state index contributed by atoms with van der Waals surface area (Å²) in [6.45, 7) is 8.34. The fraction of sp³-hybridized carbons (Fsp3) is 0.533. The first kappa shape index (κ1) is 14.4. The highest BCUT2D eigenvalue weighted by molar-refractivity contribution is 6.30. The second-order valence-electron chi connectivity index (χ2n) is 5.36. The van der Waals surface area contributed by atoms with Crippen LogP contribution in [0.1, 0.15) is 13.8 Å². The summed E-state index contributed by atoms with van der Waals surface area (Å²) in [5.41, 5.74) is 1.21. The molecule has 0 N–H and O–H groups in total. The van der Waals surface area contributed by atoms with Crippen LogP contribution in [0.2, 0.25) is 5.02 Å². The molecule has 104 valence electrons. The minimum Gasteiger partial charge on any atom is -0.369 e. The Morgan fingerprint density at radius 1 is 1.16 bits per heavy atom. The lowest BCUT2D eigenvalue weighted by atomic mass is 10.1. The molecule has 0 unspecified atom stereocenters. The summed E-state index contributed by atoms with van der Waals surface area (Å²) in [6.07, 6.45) is 0. The predicted octanol–water partition coefficient (Wildman–Crippen LogP) is 2.69. The highest BCUT2D eigenvalue weighted by Gasteiger charge is 2.20. The molecule has 4 heteroatoms. The maximum atomic E-state index is 11.7. The molecule has 0 amide bonds. The minimum atomic E-state index is 0.134. The van der Waals surface area contributed by atoms with Gasteiger partial charge in [0, 0.05) is 42.8 Å². The molecule has 0 spiro atoms. The Labute approximate surface area is 120 Å². The molecule has 1 aromatic carbocycles. The van der Waals surface area contributed by atoms with E-state index in [4.69, 9.17) is 11.6 Å². The van der Waals surface area contributed by atoms with E-state index >= 15 is 0 Å². The van der Waals surface area contributed by atoms with Crippen LogP contribution in [-0.2, 0) is 4.79 Å². The minimum absolute atomic E-state index is 0.134. The molecule has 1 aliphatic heterocycles. The van der Waals surface area contributed by atoms with Crippen LogP contribution in [0.5, 0.6) is 0 Å². The van der Waals surface area contributed by atoms with Crippen LogP contribution in [0, 0.1) is 5.92 Å². The van der Waals surface area contributed by atoms with Gasteiger partial charge in [0.05, 0.1) is 6.54 Å². The van der Waals surface area contributed by atoms with Crippen molar-refractivity contribution in [3.8, 4) is 0 Å². The second kappa shape index (κ2) is 6.40. The summed E-state index contributed by atoms with van der Waals surface area (Å²) >= 11 is 5.90. The summed E-state index contributed by atoms with van der Waals surface area (Å²) < 4.78 is 0. The molecular formula is C15H21ClN2O. The summed E-state index contributed by atoms with van der Waals surface area (Å²) in [5.74, 6) is 0.467. The van der Waals surface area contributed by atoms with Gasteiger partial charge in [-0.3, -0.25) is 9.69 Å². The van der Waals surface area contributed by atoms with Crippen molar-refractivity contribution >= 4 is 23.1 Å². The summed E-state index contributed by atoms with van der Waals surface area (Å²) in [5, 5.41) is 0.768. The number of piperazine rings is 1. The molecule has 1 saturated heterocycles. The standard InChI is InChI=1S/C15H21ClN2O/c1-12(2)15(19)11-17-7-9-18(10-8-17)14-5-3-13(16)4-6-14/h3-6,12H,7-11H2,1-2H3. The number of anilines is 1. The predicted molar refractivity (Wildman–Crippen MR) is 80.0 cm³/mol. The van der Waals surface area contributed by atoms with Crippen LogP contribution in [0.3, 0.4) is 0 Å². The van der Waals surface area contributed by atoms with Crippen LogP contribution < -0.4 is 4.90 Å². The van der Waals surface area contributed by atoms with Gasteiger partial charge in [0.15, 0.2) is 0 Å². The number of rotatable bonds is 4. The number of carbonyl (C=O) groups is 1. The average molecular weight is 281 g/mol. The summed E-state index contributed by atoms with van der Waals surface area (Å²) in [4.78, 5) is 16.3. The molecule has 1 aromatic rings. The molecule has 3 nitrogen and oxygen atoms in total. The third kappa shape index (κ3) is 3.95. The zero-order chi connectivity index (χ0) is 13.8. The highest BCUT2D eigenvalue weighted by Crippen LogP contribution is 2.19. The Morgan fingerprint density at radius 2 is 1.74 bits per heavy atom. The van der Waals surface area contributed by atoms with Crippen molar-refractivity contribution in [3.05, 3.63) is 29.3 Å². The van der Waals surface area contributed by atoms with Crippen LogP contribution in [0.15, 0.2) is 24.3 Å². The normalized spacial score (nSPS) is 16.9. The Kier molecular flexibility index (Phi) is 4.83. The van der Waals surface area contributed by atoms with E-state index in [2.05, 4.69) is 21.9 Å². The van der Waals surface area contributed by atoms with E-state index in [1.807, 2.05) is 26.0 Å². The Hall–Kier alpha value is -1.06. The van der Waals surface area contributed by atoms with Crippen molar-refractivity contribution in [2.75, 3.05) is 37.6 Å². The highest BCUT2D eigenvalue weighted by atomic mass is 35.5. The molecule has 0 radical (unpaired) electrons. The van der Waals surface area contributed by atoms with Crippen LogP contribution >= 0.6 is 11.6 Å². The Balaban J connectivity index is 1.85. The van der Waals surface area contributed by atoms with Crippen LogP contribution in [0.4, 0.5) is 5.69 Å². The third-order valence-corrected chi connectivity index (χ3v) is 3.84. The van der Waals surface area contributed by atoms with Gasteiger partial charge in [-0.1, -0.05) is 25.4 Å². The van der Waals surface area contributed by atoms with Gasteiger partial charge < -0.3 is 4.90 Å². The SMILES string of the molecule is CC(C)C(=O)CN1CCN(c2ccc(Cl)cc2)CC1. The zero-order valence-electron chi connectivity index (χ0n) is 11.6. The monoisotopic (exact) mass is 280 g/mol. The Bertz CT molecular complexity index is 422. The quantitative estimate of drug-likeness (QED) is 0.847. The first-order valence-electron chi connectivity index (χ1n) is 6.82. The van der Waals surface area contributed by atoms with Crippen molar-refractivity contribution in [2.45, 2.75) is 13.8 Å². The van der Waals surface area contributed by atoms with E-state index in [-0.39, 0.29) is 5.92 Å². The third-order valence-electron chi connectivity index (χ3n) is 3.59. The molecule has 0 aliphatic carbocycles. The van der Waals surface area contributed by atoms with Crippen molar-refractivity contribution in [1.29, 1.82) is 0 Å². The lowest BCUT2D eigenvalue weighted by Gasteiger charge is -2.36. The van der Waals surface area contributed by atoms with E-state index in [0.717, 1.165) is 31.2 Å². The van der Waals surface area contributed by atoms with Gasteiger partial charge in [-0.15, -0.1) is 0 Å². The largest absolute Gasteiger partial charge is 0.369 e. The van der Waals surface area contributed by atoms with E-state index < -0.39 is 0 Å². The fourth-order valence-corrected chi connectivity index (χ4v) is 2.35. The summed E-state index contributed by atoms with van der Waals surface area (Å²) in [7, 11) is 0. The molecule has 0 aromatic heterocycles. The number of hydrogen-bond acceptors (Lipinski definition) is 3. The topological polar surface area (TPSA) is 23.6 Å². The number of benzene rings is 1. The van der Waals surface area contributed by atoms with Gasteiger partial charge >= 0.3 is 0 Å². The first-order chi connectivity index (χ1) is 9.06. The van der Waals surface area contributed by atoms with E-state index in [1.54, 1.807) is 0 Å². The fourth-order valence-electron chi connectivity index (χ4n) is 2.22. The molecular weight excluding hydrogens is 260 g/mol. The molecule has 0 atom stereocenters. The average Bonchev–Trinajstić information content (AvgIpc) is 2.40. The first-order valence-corrected chi connectivity index (χ1v) is 7.19. The van der Waals surface area contributed by atoms with Crippen LogP contribution in [-0.4, -0.2) is 43.4 Å². The van der Waals surface area contributed by atoms with Gasteiger partial charge in [0.2, 0.25) is 0 Å². The Morgan fingerprint density at radius 3 is 2.26 bits per heavy atom. The molecule has 0 saturated carbocycles. The number of Topliss-reactive ketones (excluding diaryl/α,β-unsaturated/α-hetero) is 1. The maximum Gasteiger partial charge on any atom is 0.149 e. The molecule has 2 rings (SSSR count). The van der Waals surface area contributed by atoms with E-state index in [0.29, 0.717) is 12.3 Å². The summed E-state index contributed by atoms with van der Waals surface area (Å²) in [6, 6.07) is 7.95. The van der Waals surface area contributed by atoms with Gasteiger partial charge in [-0.25, -0.2) is 0 Å². The molecule has 1 aliphatic rings. The number of nitrogens with zero attached hydrogens (tertiary/aromatic N) is 2. The molecule has 19 heavy (non-hydrogen) atoms. The second-order valence-corrected chi connectivity index (χ2v) is 5.80. The van der Waals surface area contributed by atoms with Gasteiger partial charge in [-0.2, -0.15) is 0 Å². The van der Waals surface area contributed by atoms with Crippen molar-refractivity contribution in [1.82, 2.24) is 4.90 Å². The lowest BCUT2D eigenvalue weighted by Crippen LogP contribution is -2.48. The zero-order valence-corrected chi connectivity index (χ0v) is 12.4. The number of ketones is 1. The molecule has 0 bridgehead atoms. The van der Waals surface area contributed by atoms with Crippen molar-refractivity contribution in [2.24, 2.45) is 5.92 Å². The van der Waals surface area contributed by atoms with Crippen molar-refractivity contribution < 1.29 is 4.79 Å². The van der Waals surface area contributed by atoms with E-state index in [9.17, 15) is 4.79 Å². The molecule has 1 heterocycles. The van der Waals surface area contributed by atoms with Gasteiger partial charge in [0.1, 0.15) is 5.78 Å². The number of halogens is 1. The van der Waals surface area contributed by atoms with Crippen LogP contribution in [0.25, 0.3) is 0 Å². The smallest absolute Gasteiger partial charge is 0.149 e. The molecule has 1 fully saturated rings. The van der Waals surface area contributed by atoms with Crippen molar-refractivity contribution in [3.63, 3.8) is 0 Å². The van der Waals surface area contributed by atoms with E-state index in [1.165, 1.54) is 5.69 Å². The van der Waals surface area contributed by atoms with Gasteiger partial charge in [0.25, 0.3) is 0 Å². The lowest BCUT2D eigenvalue weighted by molar-refractivity contribution is -0.123. The van der Waals surface area contributed by atoms with Gasteiger partial charge in [-0.05, 0) is 24.3 Å².